The van der Waals surface area contributed by atoms with E-state index in [9.17, 15) is 4.79 Å². The van der Waals surface area contributed by atoms with E-state index in [0.29, 0.717) is 18.0 Å². The van der Waals surface area contributed by atoms with Crippen LogP contribution >= 0.6 is 11.3 Å². The first-order chi connectivity index (χ1) is 11.2. The molecule has 5 heteroatoms. The molecule has 0 saturated carbocycles. The van der Waals surface area contributed by atoms with Gasteiger partial charge in [-0.2, -0.15) is 0 Å². The fraction of sp³-hybridized carbons (Fsp3) is 0.222. The van der Waals surface area contributed by atoms with Gasteiger partial charge in [0.15, 0.2) is 5.13 Å². The predicted molar refractivity (Wildman–Crippen MR) is 91.8 cm³/mol. The maximum atomic E-state index is 12.0. The Balaban J connectivity index is 1.51. The van der Waals surface area contributed by atoms with Gasteiger partial charge in [0.25, 0.3) is 0 Å². The molecule has 0 aliphatic carbocycles. The van der Waals surface area contributed by atoms with Crippen molar-refractivity contribution in [2.45, 2.75) is 26.2 Å². The van der Waals surface area contributed by atoms with Crippen molar-refractivity contribution in [3.63, 3.8) is 0 Å². The van der Waals surface area contributed by atoms with Crippen LogP contribution in [0.25, 0.3) is 0 Å². The molecule has 3 rings (SSSR count). The van der Waals surface area contributed by atoms with Crippen LogP contribution in [0.15, 0.2) is 53.1 Å². The van der Waals surface area contributed by atoms with E-state index < -0.39 is 0 Å². The molecule has 1 amide bonds. The minimum Gasteiger partial charge on any atom is -0.466 e. The van der Waals surface area contributed by atoms with E-state index in [0.717, 1.165) is 22.8 Å². The number of aromatic nitrogens is 1. The van der Waals surface area contributed by atoms with Gasteiger partial charge >= 0.3 is 0 Å². The Morgan fingerprint density at radius 2 is 2.04 bits per heavy atom. The van der Waals surface area contributed by atoms with Gasteiger partial charge in [-0.15, -0.1) is 11.3 Å². The molecular weight excluding hydrogens is 308 g/mol. The number of furan rings is 1. The minimum atomic E-state index is -0.0420. The number of carbonyl (C=O) groups is 1. The van der Waals surface area contributed by atoms with Crippen molar-refractivity contribution in [2.75, 3.05) is 5.32 Å². The summed E-state index contributed by atoms with van der Waals surface area (Å²) < 4.78 is 5.46. The van der Waals surface area contributed by atoms with Crippen LogP contribution in [0.1, 0.15) is 28.4 Å². The molecular formula is C18H18N2O2S. The summed E-state index contributed by atoms with van der Waals surface area (Å²) in [5, 5.41) is 3.50. The fourth-order valence-corrected chi connectivity index (χ4v) is 3.14. The number of hydrogen-bond acceptors (Lipinski definition) is 4. The lowest BCUT2D eigenvalue weighted by Crippen LogP contribution is -2.11. The predicted octanol–water partition coefficient (Wildman–Crippen LogP) is 4.21. The first-order valence-electron chi connectivity index (χ1n) is 7.53. The molecule has 2 aromatic heterocycles. The van der Waals surface area contributed by atoms with Gasteiger partial charge in [0, 0.05) is 30.3 Å². The number of benzene rings is 1. The molecule has 0 bridgehead atoms. The molecule has 0 radical (unpaired) electrons. The second-order valence-corrected chi connectivity index (χ2v) is 6.47. The molecule has 23 heavy (non-hydrogen) atoms. The molecule has 2 heterocycles. The Hall–Kier alpha value is -2.40. The van der Waals surface area contributed by atoms with Gasteiger partial charge in [0.05, 0.1) is 0 Å². The molecule has 0 aliphatic heterocycles. The zero-order chi connectivity index (χ0) is 16.1. The van der Waals surface area contributed by atoms with E-state index in [1.807, 2.05) is 43.5 Å². The van der Waals surface area contributed by atoms with Gasteiger partial charge in [-0.05, 0) is 24.6 Å². The third kappa shape index (κ3) is 4.53. The molecule has 1 aromatic carbocycles. The van der Waals surface area contributed by atoms with Gasteiger partial charge in [0.1, 0.15) is 11.5 Å². The van der Waals surface area contributed by atoms with Gasteiger partial charge in [-0.1, -0.05) is 30.3 Å². The smallest absolute Gasteiger partial charge is 0.226 e. The van der Waals surface area contributed by atoms with E-state index in [1.165, 1.54) is 16.9 Å². The molecule has 3 aromatic rings. The average molecular weight is 326 g/mol. The third-order valence-electron chi connectivity index (χ3n) is 3.42. The molecule has 0 atom stereocenters. The number of nitrogens with one attached hydrogen (secondary N) is 1. The highest BCUT2D eigenvalue weighted by Gasteiger charge is 2.09. The Labute approximate surface area is 139 Å². The zero-order valence-corrected chi connectivity index (χ0v) is 13.7. The number of carbonyl (C=O) groups excluding carboxylic acids is 1. The molecule has 0 fully saturated rings. The molecule has 1 N–H and O–H groups in total. The molecule has 118 valence electrons. The van der Waals surface area contributed by atoms with Crippen LogP contribution in [0.5, 0.6) is 0 Å². The highest BCUT2D eigenvalue weighted by atomic mass is 32.1. The van der Waals surface area contributed by atoms with Crippen molar-refractivity contribution < 1.29 is 9.21 Å². The van der Waals surface area contributed by atoms with Crippen molar-refractivity contribution >= 4 is 22.4 Å². The van der Waals surface area contributed by atoms with E-state index in [2.05, 4.69) is 22.4 Å². The van der Waals surface area contributed by atoms with Crippen LogP contribution in [-0.2, 0) is 17.6 Å². The lowest BCUT2D eigenvalue weighted by molar-refractivity contribution is -0.116. The number of anilines is 1. The number of amides is 1. The molecule has 0 spiro atoms. The van der Waals surface area contributed by atoms with Crippen LogP contribution in [-0.4, -0.2) is 10.9 Å². The van der Waals surface area contributed by atoms with E-state index in [-0.39, 0.29) is 5.91 Å². The van der Waals surface area contributed by atoms with Crippen molar-refractivity contribution in [1.29, 1.82) is 0 Å². The topological polar surface area (TPSA) is 55.1 Å². The zero-order valence-electron chi connectivity index (χ0n) is 12.9. The van der Waals surface area contributed by atoms with Gasteiger partial charge in [-0.3, -0.25) is 4.79 Å². The maximum Gasteiger partial charge on any atom is 0.226 e. The summed E-state index contributed by atoms with van der Waals surface area (Å²) in [6.45, 7) is 1.90. The molecule has 0 unspecified atom stereocenters. The van der Waals surface area contributed by atoms with Crippen LogP contribution in [0.2, 0.25) is 0 Å². The largest absolute Gasteiger partial charge is 0.466 e. The molecule has 4 nitrogen and oxygen atoms in total. The quantitative estimate of drug-likeness (QED) is 0.738. The summed E-state index contributed by atoms with van der Waals surface area (Å²) in [6, 6.07) is 14.0. The van der Waals surface area contributed by atoms with Gasteiger partial charge in [0.2, 0.25) is 5.91 Å². The van der Waals surface area contributed by atoms with Gasteiger partial charge < -0.3 is 9.73 Å². The van der Waals surface area contributed by atoms with Gasteiger partial charge in [-0.25, -0.2) is 4.98 Å². The Morgan fingerprint density at radius 3 is 2.78 bits per heavy atom. The lowest BCUT2D eigenvalue weighted by atomic mass is 10.1. The molecule has 0 saturated heterocycles. The van der Waals surface area contributed by atoms with Crippen LogP contribution in [0, 0.1) is 6.92 Å². The highest BCUT2D eigenvalue weighted by Crippen LogP contribution is 2.21. The summed E-state index contributed by atoms with van der Waals surface area (Å²) in [6.07, 6.45) is 3.64. The van der Waals surface area contributed by atoms with Crippen molar-refractivity contribution in [3.8, 4) is 0 Å². The van der Waals surface area contributed by atoms with Crippen LogP contribution in [0.4, 0.5) is 5.13 Å². The lowest BCUT2D eigenvalue weighted by Gasteiger charge is -2.00. The Morgan fingerprint density at radius 1 is 1.22 bits per heavy atom. The minimum absolute atomic E-state index is 0.0420. The maximum absolute atomic E-state index is 12.0. The van der Waals surface area contributed by atoms with E-state index >= 15 is 0 Å². The summed E-state index contributed by atoms with van der Waals surface area (Å²) in [5.74, 6) is 1.66. The average Bonchev–Trinajstić information content (AvgIpc) is 3.15. The van der Waals surface area contributed by atoms with Crippen LogP contribution < -0.4 is 5.32 Å². The summed E-state index contributed by atoms with van der Waals surface area (Å²) in [5.41, 5.74) is 1.24. The first-order valence-corrected chi connectivity index (χ1v) is 8.34. The Bertz CT molecular complexity index is 777. The first kappa shape index (κ1) is 15.5. The number of hydrogen-bond donors (Lipinski definition) is 1. The van der Waals surface area contributed by atoms with Crippen molar-refractivity contribution in [1.82, 2.24) is 4.98 Å². The second kappa shape index (κ2) is 7.24. The van der Waals surface area contributed by atoms with E-state index in [1.54, 1.807) is 0 Å². The number of thiazole rings is 1. The standard InChI is InChI=1S/C18H18N2O2S/c1-13-7-8-15(22-13)9-10-17(21)20-18-19-12-16(23-18)11-14-5-3-2-4-6-14/h2-8,12H,9-11H2,1H3,(H,19,20,21). The van der Waals surface area contributed by atoms with Crippen LogP contribution in [0.3, 0.4) is 0 Å². The fourth-order valence-electron chi connectivity index (χ4n) is 2.28. The summed E-state index contributed by atoms with van der Waals surface area (Å²) in [7, 11) is 0. The summed E-state index contributed by atoms with van der Waals surface area (Å²) in [4.78, 5) is 17.4. The number of aryl methyl sites for hydroxylation is 2. The Kier molecular flexibility index (Phi) is 4.88. The summed E-state index contributed by atoms with van der Waals surface area (Å²) >= 11 is 1.52. The number of rotatable bonds is 6. The monoisotopic (exact) mass is 326 g/mol. The normalized spacial score (nSPS) is 10.7. The van der Waals surface area contributed by atoms with Crippen molar-refractivity contribution in [2.24, 2.45) is 0 Å². The second-order valence-electron chi connectivity index (χ2n) is 5.35. The number of nitrogens with zero attached hydrogens (tertiary/aromatic N) is 1. The molecule has 0 aliphatic rings. The third-order valence-corrected chi connectivity index (χ3v) is 4.33. The highest BCUT2D eigenvalue weighted by molar-refractivity contribution is 7.15. The SMILES string of the molecule is Cc1ccc(CCC(=O)Nc2ncc(Cc3ccccc3)s2)o1. The van der Waals surface area contributed by atoms with E-state index in [4.69, 9.17) is 4.42 Å². The van der Waals surface area contributed by atoms with Crippen molar-refractivity contribution in [3.05, 3.63) is 70.6 Å².